The van der Waals surface area contributed by atoms with E-state index < -0.39 is 17.9 Å². The van der Waals surface area contributed by atoms with Gasteiger partial charge >= 0.3 is 6.36 Å². The summed E-state index contributed by atoms with van der Waals surface area (Å²) in [6.45, 7) is 0. The van der Waals surface area contributed by atoms with Crippen LogP contribution >= 0.6 is 38.5 Å². The maximum atomic E-state index is 12.9. The Morgan fingerprint density at radius 3 is 2.36 bits per heavy atom. The highest BCUT2D eigenvalue weighted by Gasteiger charge is 2.32. The molecular formula is C7H2BrF4IO. The molecule has 14 heavy (non-hydrogen) atoms. The van der Waals surface area contributed by atoms with Crippen LogP contribution in [-0.2, 0) is 0 Å². The minimum absolute atomic E-state index is 0.380. The van der Waals surface area contributed by atoms with Gasteiger partial charge in [-0.15, -0.1) is 13.2 Å². The Morgan fingerprint density at radius 2 is 1.86 bits per heavy atom. The first-order valence-corrected chi connectivity index (χ1v) is 5.07. The smallest absolute Gasteiger partial charge is 0.403 e. The molecule has 0 fully saturated rings. The minimum Gasteiger partial charge on any atom is -0.403 e. The molecule has 1 nitrogen and oxygen atoms in total. The molecule has 1 aromatic rings. The normalized spacial score (nSPS) is 11.6. The molecule has 0 atom stereocenters. The maximum absolute atomic E-state index is 12.9. The van der Waals surface area contributed by atoms with Gasteiger partial charge in [-0.05, 0) is 50.7 Å². The van der Waals surface area contributed by atoms with Gasteiger partial charge in [0.05, 0.1) is 0 Å². The van der Waals surface area contributed by atoms with Crippen LogP contribution in [0.3, 0.4) is 0 Å². The molecule has 1 rings (SSSR count). The van der Waals surface area contributed by atoms with Crippen LogP contribution in [0.4, 0.5) is 17.6 Å². The molecule has 0 spiro atoms. The second-order valence-electron chi connectivity index (χ2n) is 2.24. The van der Waals surface area contributed by atoms with Crippen LogP contribution in [0.25, 0.3) is 0 Å². The molecule has 78 valence electrons. The third-order valence-corrected chi connectivity index (χ3v) is 3.49. The molecule has 0 radical (unpaired) electrons. The third kappa shape index (κ3) is 3.26. The van der Waals surface area contributed by atoms with E-state index in [9.17, 15) is 17.6 Å². The molecule has 0 aliphatic heterocycles. The Labute approximate surface area is 98.7 Å². The van der Waals surface area contributed by atoms with Gasteiger partial charge in [0.2, 0.25) is 0 Å². The Bertz CT molecular complexity index is 352. The van der Waals surface area contributed by atoms with Crippen molar-refractivity contribution < 1.29 is 22.3 Å². The number of hydrogen-bond donors (Lipinski definition) is 0. The fraction of sp³-hybridized carbons (Fsp3) is 0.143. The molecule has 0 heterocycles. The van der Waals surface area contributed by atoms with Crippen molar-refractivity contribution in [3.05, 3.63) is 26.0 Å². The van der Waals surface area contributed by atoms with E-state index in [4.69, 9.17) is 0 Å². The summed E-state index contributed by atoms with van der Waals surface area (Å²) in [7, 11) is 0. The molecule has 0 aromatic heterocycles. The van der Waals surface area contributed by atoms with E-state index in [-0.39, 0.29) is 0 Å². The lowest BCUT2D eigenvalue weighted by Crippen LogP contribution is -2.18. The summed E-state index contributed by atoms with van der Waals surface area (Å²) in [4.78, 5) is 0. The van der Waals surface area contributed by atoms with E-state index in [0.717, 1.165) is 12.1 Å². The molecule has 0 unspecified atom stereocenters. The van der Waals surface area contributed by atoms with Crippen LogP contribution < -0.4 is 4.74 Å². The van der Waals surface area contributed by atoms with Gasteiger partial charge in [0.1, 0.15) is 0 Å². The van der Waals surface area contributed by atoms with Gasteiger partial charge < -0.3 is 4.74 Å². The van der Waals surface area contributed by atoms with Crippen molar-refractivity contribution in [2.75, 3.05) is 0 Å². The van der Waals surface area contributed by atoms with Crippen LogP contribution in [0.2, 0.25) is 0 Å². The number of benzene rings is 1. The van der Waals surface area contributed by atoms with Gasteiger partial charge in [-0.1, -0.05) is 0 Å². The van der Waals surface area contributed by atoms with Crippen LogP contribution in [0.5, 0.6) is 5.75 Å². The van der Waals surface area contributed by atoms with Gasteiger partial charge in [0.15, 0.2) is 11.6 Å². The molecule has 0 aliphatic rings. The molecule has 0 amide bonds. The quantitative estimate of drug-likeness (QED) is 0.402. The van der Waals surface area contributed by atoms with Crippen molar-refractivity contribution in [1.82, 2.24) is 0 Å². The Kier molecular flexibility index (Phi) is 3.62. The standard InChI is InChI=1S/C7H2BrF4IO/c8-3-1-4(9)6(2-5(3)13)14-7(10,11)12/h1-2H. The van der Waals surface area contributed by atoms with Gasteiger partial charge in [-0.25, -0.2) is 4.39 Å². The van der Waals surface area contributed by atoms with Gasteiger partial charge in [-0.3, -0.25) is 0 Å². The first kappa shape index (κ1) is 12.0. The van der Waals surface area contributed by atoms with E-state index in [2.05, 4.69) is 20.7 Å². The lowest BCUT2D eigenvalue weighted by Gasteiger charge is -2.10. The zero-order valence-electron chi connectivity index (χ0n) is 6.33. The zero-order valence-corrected chi connectivity index (χ0v) is 10.1. The second kappa shape index (κ2) is 4.21. The van der Waals surface area contributed by atoms with Crippen molar-refractivity contribution in [2.45, 2.75) is 6.36 Å². The van der Waals surface area contributed by atoms with Crippen molar-refractivity contribution in [1.29, 1.82) is 0 Å². The fourth-order valence-corrected chi connectivity index (χ4v) is 1.46. The van der Waals surface area contributed by atoms with Gasteiger partial charge in [0, 0.05) is 8.04 Å². The average Bonchev–Trinajstić information content (AvgIpc) is 1.97. The summed E-state index contributed by atoms with van der Waals surface area (Å²) < 4.78 is 52.4. The highest BCUT2D eigenvalue weighted by molar-refractivity contribution is 14.1. The Hall–Kier alpha value is -0.0500. The second-order valence-corrected chi connectivity index (χ2v) is 4.26. The highest BCUT2D eigenvalue weighted by Crippen LogP contribution is 2.30. The van der Waals surface area contributed by atoms with Crippen LogP contribution in [0.15, 0.2) is 16.6 Å². The lowest BCUT2D eigenvalue weighted by atomic mass is 10.3. The highest BCUT2D eigenvalue weighted by atomic mass is 127. The van der Waals surface area contributed by atoms with Crippen LogP contribution in [0, 0.1) is 9.39 Å². The zero-order chi connectivity index (χ0) is 10.9. The molecule has 1 aromatic carbocycles. The van der Waals surface area contributed by atoms with E-state index >= 15 is 0 Å². The third-order valence-electron chi connectivity index (χ3n) is 1.20. The van der Waals surface area contributed by atoms with Crippen molar-refractivity contribution in [3.63, 3.8) is 0 Å². The fourth-order valence-electron chi connectivity index (χ4n) is 0.707. The monoisotopic (exact) mass is 384 g/mol. The minimum atomic E-state index is -4.88. The van der Waals surface area contributed by atoms with E-state index in [0.29, 0.717) is 8.04 Å². The number of halogens is 6. The summed E-state index contributed by atoms with van der Waals surface area (Å²) in [6, 6.07) is 1.89. The molecule has 0 bridgehead atoms. The number of ether oxygens (including phenoxy) is 1. The van der Waals surface area contributed by atoms with E-state index in [1.54, 1.807) is 22.6 Å². The summed E-state index contributed by atoms with van der Waals surface area (Å²) in [5.41, 5.74) is 0. The molecule has 7 heteroatoms. The number of hydrogen-bond acceptors (Lipinski definition) is 1. The van der Waals surface area contributed by atoms with Crippen molar-refractivity contribution in [2.24, 2.45) is 0 Å². The number of rotatable bonds is 1. The Morgan fingerprint density at radius 1 is 1.29 bits per heavy atom. The largest absolute Gasteiger partial charge is 0.573 e. The van der Waals surface area contributed by atoms with Gasteiger partial charge in [-0.2, -0.15) is 0 Å². The van der Waals surface area contributed by atoms with Crippen molar-refractivity contribution >= 4 is 38.5 Å². The summed E-state index contributed by atoms with van der Waals surface area (Å²) in [5.74, 6) is -1.89. The Balaban J connectivity index is 3.04. The molecule has 0 aliphatic carbocycles. The number of alkyl halides is 3. The molecule has 0 N–H and O–H groups in total. The van der Waals surface area contributed by atoms with E-state index in [1.165, 1.54) is 0 Å². The first-order chi connectivity index (χ1) is 6.29. The van der Waals surface area contributed by atoms with Crippen molar-refractivity contribution in [3.8, 4) is 5.75 Å². The van der Waals surface area contributed by atoms with Crippen LogP contribution in [0.1, 0.15) is 0 Å². The maximum Gasteiger partial charge on any atom is 0.573 e. The summed E-state index contributed by atoms with van der Waals surface area (Å²) in [5, 5.41) is 0. The lowest BCUT2D eigenvalue weighted by molar-refractivity contribution is -0.275. The van der Waals surface area contributed by atoms with Gasteiger partial charge in [0.25, 0.3) is 0 Å². The van der Waals surface area contributed by atoms with E-state index in [1.807, 2.05) is 0 Å². The topological polar surface area (TPSA) is 9.23 Å². The molecule has 0 saturated carbocycles. The summed E-state index contributed by atoms with van der Waals surface area (Å²) >= 11 is 4.73. The summed E-state index contributed by atoms with van der Waals surface area (Å²) in [6.07, 6.45) is -4.88. The molecule has 0 saturated heterocycles. The van der Waals surface area contributed by atoms with Crippen LogP contribution in [-0.4, -0.2) is 6.36 Å². The predicted octanol–water partition coefficient (Wildman–Crippen LogP) is 4.09. The molecular weight excluding hydrogens is 383 g/mol. The predicted molar refractivity (Wildman–Crippen MR) is 53.5 cm³/mol. The SMILES string of the molecule is Fc1cc(Br)c(I)cc1OC(F)(F)F. The average molecular weight is 385 g/mol. The first-order valence-electron chi connectivity index (χ1n) is 3.20.